The Balaban J connectivity index is 2.62. The van der Waals surface area contributed by atoms with Crippen molar-refractivity contribution < 1.29 is 0 Å². The topological polar surface area (TPSA) is 3.24 Å². The lowest BCUT2D eigenvalue weighted by atomic mass is 9.92. The minimum Gasteiger partial charge on any atom is -0.297 e. The van der Waals surface area contributed by atoms with Gasteiger partial charge < -0.3 is 0 Å². The van der Waals surface area contributed by atoms with Crippen LogP contribution in [0.15, 0.2) is 0 Å². The third kappa shape index (κ3) is 1.52. The molecule has 0 saturated carbocycles. The summed E-state index contributed by atoms with van der Waals surface area (Å²) < 4.78 is 0. The summed E-state index contributed by atoms with van der Waals surface area (Å²) in [6.45, 7) is 13.1. The third-order valence-electron chi connectivity index (χ3n) is 3.88. The molecule has 0 spiro atoms. The van der Waals surface area contributed by atoms with Gasteiger partial charge in [-0.15, -0.1) is 0 Å². The fraction of sp³-hybridized carbons (Fsp3) is 1.00. The standard InChI is InChI=1S/C11H23N/c1-6-7-12-10(4)8(2)9(3)11(12)5/h8-11H,6-7H2,1-5H3/t8-,9+,10-,11+. The summed E-state index contributed by atoms with van der Waals surface area (Å²) in [6.07, 6.45) is 1.29. The summed E-state index contributed by atoms with van der Waals surface area (Å²) in [5, 5.41) is 0. The molecule has 0 bridgehead atoms. The van der Waals surface area contributed by atoms with Crippen molar-refractivity contribution in [1.82, 2.24) is 4.90 Å². The summed E-state index contributed by atoms with van der Waals surface area (Å²) in [6, 6.07) is 1.57. The number of rotatable bonds is 2. The van der Waals surface area contributed by atoms with Gasteiger partial charge in [0.25, 0.3) is 0 Å². The summed E-state index contributed by atoms with van der Waals surface area (Å²) in [7, 11) is 0. The Morgan fingerprint density at radius 1 is 0.917 bits per heavy atom. The second kappa shape index (κ2) is 3.78. The van der Waals surface area contributed by atoms with E-state index < -0.39 is 0 Å². The number of hydrogen-bond acceptors (Lipinski definition) is 1. The number of hydrogen-bond donors (Lipinski definition) is 0. The monoisotopic (exact) mass is 169 g/mol. The molecule has 12 heavy (non-hydrogen) atoms. The van der Waals surface area contributed by atoms with Crippen LogP contribution in [0.25, 0.3) is 0 Å². The van der Waals surface area contributed by atoms with Crippen LogP contribution in [0.2, 0.25) is 0 Å². The molecule has 0 aromatic carbocycles. The van der Waals surface area contributed by atoms with Crippen LogP contribution in [0, 0.1) is 11.8 Å². The van der Waals surface area contributed by atoms with Gasteiger partial charge >= 0.3 is 0 Å². The SMILES string of the molecule is CCCN1[C@H](C)[C@H](C)[C@H](C)[C@@H]1C. The van der Waals surface area contributed by atoms with E-state index in [1.54, 1.807) is 0 Å². The molecule has 1 aliphatic rings. The van der Waals surface area contributed by atoms with Gasteiger partial charge in [-0.25, -0.2) is 0 Å². The maximum Gasteiger partial charge on any atom is 0.00986 e. The van der Waals surface area contributed by atoms with Gasteiger partial charge in [0.1, 0.15) is 0 Å². The molecule has 1 aliphatic heterocycles. The highest BCUT2D eigenvalue weighted by atomic mass is 15.2. The van der Waals surface area contributed by atoms with Crippen LogP contribution >= 0.6 is 0 Å². The van der Waals surface area contributed by atoms with Crippen LogP contribution in [0.3, 0.4) is 0 Å². The van der Waals surface area contributed by atoms with Gasteiger partial charge in [0.15, 0.2) is 0 Å². The van der Waals surface area contributed by atoms with E-state index in [0.717, 1.165) is 23.9 Å². The van der Waals surface area contributed by atoms with Crippen molar-refractivity contribution in [2.24, 2.45) is 11.8 Å². The molecule has 0 N–H and O–H groups in total. The molecule has 1 heteroatoms. The predicted molar refractivity (Wildman–Crippen MR) is 54.2 cm³/mol. The van der Waals surface area contributed by atoms with E-state index in [-0.39, 0.29) is 0 Å². The maximum atomic E-state index is 2.66. The predicted octanol–water partition coefficient (Wildman–Crippen LogP) is 2.76. The van der Waals surface area contributed by atoms with Crippen LogP contribution < -0.4 is 0 Å². The molecule has 0 aromatic heterocycles. The molecule has 0 unspecified atom stereocenters. The van der Waals surface area contributed by atoms with Gasteiger partial charge in [0.05, 0.1) is 0 Å². The zero-order valence-corrected chi connectivity index (χ0v) is 9.17. The third-order valence-corrected chi connectivity index (χ3v) is 3.88. The van der Waals surface area contributed by atoms with Crippen LogP contribution in [0.5, 0.6) is 0 Å². The van der Waals surface area contributed by atoms with Crippen molar-refractivity contribution in [2.45, 2.75) is 53.1 Å². The van der Waals surface area contributed by atoms with Crippen LogP contribution in [0.1, 0.15) is 41.0 Å². The molecule has 0 aromatic rings. The van der Waals surface area contributed by atoms with Crippen LogP contribution in [-0.4, -0.2) is 23.5 Å². The average Bonchev–Trinajstić information content (AvgIpc) is 2.23. The Labute approximate surface area is 77.1 Å². The quantitative estimate of drug-likeness (QED) is 0.614. The molecule has 72 valence electrons. The van der Waals surface area contributed by atoms with E-state index >= 15 is 0 Å². The molecule has 1 heterocycles. The summed E-state index contributed by atoms with van der Waals surface area (Å²) >= 11 is 0. The first-order chi connectivity index (χ1) is 5.59. The summed E-state index contributed by atoms with van der Waals surface area (Å²) in [4.78, 5) is 2.66. The Morgan fingerprint density at radius 3 is 1.67 bits per heavy atom. The number of likely N-dealkylation sites (tertiary alicyclic amines) is 1. The normalized spacial score (nSPS) is 43.8. The molecular formula is C11H23N. The maximum absolute atomic E-state index is 2.66. The van der Waals surface area contributed by atoms with Gasteiger partial charge in [0, 0.05) is 12.1 Å². The average molecular weight is 169 g/mol. The molecular weight excluding hydrogens is 146 g/mol. The molecule has 4 atom stereocenters. The van der Waals surface area contributed by atoms with Crippen molar-refractivity contribution in [3.8, 4) is 0 Å². The fourth-order valence-electron chi connectivity index (χ4n) is 2.52. The summed E-state index contributed by atoms with van der Waals surface area (Å²) in [5.74, 6) is 1.73. The largest absolute Gasteiger partial charge is 0.297 e. The lowest BCUT2D eigenvalue weighted by Crippen LogP contribution is -2.35. The first-order valence-corrected chi connectivity index (χ1v) is 5.35. The zero-order valence-electron chi connectivity index (χ0n) is 9.17. The first kappa shape index (κ1) is 10.0. The smallest absolute Gasteiger partial charge is 0.00986 e. The lowest BCUT2D eigenvalue weighted by Gasteiger charge is -2.26. The van der Waals surface area contributed by atoms with Gasteiger partial charge in [-0.1, -0.05) is 20.8 Å². The molecule has 1 saturated heterocycles. The van der Waals surface area contributed by atoms with Crippen molar-refractivity contribution in [1.29, 1.82) is 0 Å². The van der Waals surface area contributed by atoms with Crippen molar-refractivity contribution in [3.63, 3.8) is 0 Å². The van der Waals surface area contributed by atoms with E-state index in [0.29, 0.717) is 0 Å². The zero-order chi connectivity index (χ0) is 9.30. The van der Waals surface area contributed by atoms with Crippen LogP contribution in [-0.2, 0) is 0 Å². The van der Waals surface area contributed by atoms with Crippen molar-refractivity contribution in [2.75, 3.05) is 6.54 Å². The Hall–Kier alpha value is -0.0400. The molecule has 0 aliphatic carbocycles. The molecule has 1 nitrogen and oxygen atoms in total. The van der Waals surface area contributed by atoms with Gasteiger partial charge in [0.2, 0.25) is 0 Å². The van der Waals surface area contributed by atoms with Crippen LogP contribution in [0.4, 0.5) is 0 Å². The van der Waals surface area contributed by atoms with E-state index in [2.05, 4.69) is 39.5 Å². The minimum atomic E-state index is 0.787. The second-order valence-corrected chi connectivity index (χ2v) is 4.44. The highest BCUT2D eigenvalue weighted by Gasteiger charge is 2.38. The fourth-order valence-corrected chi connectivity index (χ4v) is 2.52. The minimum absolute atomic E-state index is 0.787. The molecule has 1 fully saturated rings. The van der Waals surface area contributed by atoms with E-state index in [1.165, 1.54) is 13.0 Å². The van der Waals surface area contributed by atoms with Gasteiger partial charge in [-0.3, -0.25) is 4.90 Å². The summed E-state index contributed by atoms with van der Waals surface area (Å²) in [5.41, 5.74) is 0. The lowest BCUT2D eigenvalue weighted by molar-refractivity contribution is 0.198. The van der Waals surface area contributed by atoms with E-state index in [9.17, 15) is 0 Å². The molecule has 0 radical (unpaired) electrons. The van der Waals surface area contributed by atoms with Gasteiger partial charge in [-0.05, 0) is 38.6 Å². The number of nitrogens with zero attached hydrogens (tertiary/aromatic N) is 1. The highest BCUT2D eigenvalue weighted by Crippen LogP contribution is 2.34. The van der Waals surface area contributed by atoms with E-state index in [4.69, 9.17) is 0 Å². The van der Waals surface area contributed by atoms with Crippen molar-refractivity contribution >= 4 is 0 Å². The molecule has 0 amide bonds. The Kier molecular flexibility index (Phi) is 3.16. The molecule has 1 rings (SSSR count). The van der Waals surface area contributed by atoms with Crippen molar-refractivity contribution in [3.05, 3.63) is 0 Å². The Morgan fingerprint density at radius 2 is 1.33 bits per heavy atom. The van der Waals surface area contributed by atoms with E-state index in [1.807, 2.05) is 0 Å². The second-order valence-electron chi connectivity index (χ2n) is 4.44. The highest BCUT2D eigenvalue weighted by molar-refractivity contribution is 4.91. The van der Waals surface area contributed by atoms with Gasteiger partial charge in [-0.2, -0.15) is 0 Å². The first-order valence-electron chi connectivity index (χ1n) is 5.35. The Bertz CT molecular complexity index is 130.